The molecule has 1 unspecified atom stereocenters. The minimum Gasteiger partial charge on any atom is -0.399 e. The van der Waals surface area contributed by atoms with E-state index in [1.165, 1.54) is 17.2 Å². The smallest absolute Gasteiger partial charge is 0.253 e. The Morgan fingerprint density at radius 1 is 0.716 bits per heavy atom. The second-order valence-electron chi connectivity index (χ2n) is 15.0. The first-order valence-electron chi connectivity index (χ1n) is 22.3. The van der Waals surface area contributed by atoms with Gasteiger partial charge in [-0.2, -0.15) is 0 Å². The van der Waals surface area contributed by atoms with E-state index in [1.807, 2.05) is 0 Å². The molecule has 0 aromatic heterocycles. The largest absolute Gasteiger partial charge is 0.399 e. The molecule has 0 aliphatic carbocycles. The highest BCUT2D eigenvalue weighted by Crippen LogP contribution is 2.18. The third-order valence-corrected chi connectivity index (χ3v) is 9.25. The van der Waals surface area contributed by atoms with Gasteiger partial charge in [-0.15, -0.1) is 0 Å². The third-order valence-electron chi connectivity index (χ3n) is 9.25. The summed E-state index contributed by atoms with van der Waals surface area (Å²) in [5, 5.41) is 9.39. The standard InChI is InChI=1S/C44H72BN7O15/c1-34(2)43(50-39(53)8-11-59-13-10-52-41(55)6-7-42(52)56)44(57)48-30-40(54)49-38-5-4-35(29-45)36(28-38)32-67-33-37(46)31-51(47)9-12-60-16-17-62-20-21-64-24-25-66-27-26-65-23-22-63-19-18-61-15-14-58-3/h4-7,28,31,34,43H,8-27,29-30,32-33,46-47H2,1-3H3,(H,48,57)(H,49,54)(H,50,53)/b37-31-. The summed E-state index contributed by atoms with van der Waals surface area (Å²) >= 11 is 0. The number of anilines is 1. The average molecular weight is 950 g/mol. The Kier molecular flexibility index (Phi) is 32.8. The molecule has 5 amide bonds. The van der Waals surface area contributed by atoms with Gasteiger partial charge in [-0.05, 0) is 23.6 Å². The highest BCUT2D eigenvalue weighted by molar-refractivity contribution is 6.12. The van der Waals surface area contributed by atoms with Gasteiger partial charge in [0.15, 0.2) is 0 Å². The molecule has 0 spiro atoms. The Morgan fingerprint density at radius 3 is 1.76 bits per heavy atom. The molecule has 1 atom stereocenters. The molecule has 0 saturated heterocycles. The molecule has 2 radical (unpaired) electrons. The van der Waals surface area contributed by atoms with Crippen LogP contribution in [0.1, 0.15) is 31.4 Å². The molecule has 0 fully saturated rings. The van der Waals surface area contributed by atoms with Gasteiger partial charge in [0, 0.05) is 37.6 Å². The number of nitrogens with two attached hydrogens (primary N) is 2. The summed E-state index contributed by atoms with van der Waals surface area (Å²) < 4.78 is 54.3. The Hall–Kier alpha value is -4.53. The van der Waals surface area contributed by atoms with Crippen LogP contribution in [0.15, 0.2) is 42.2 Å². The fourth-order valence-electron chi connectivity index (χ4n) is 5.70. The van der Waals surface area contributed by atoms with Crippen LogP contribution < -0.4 is 27.5 Å². The first kappa shape index (κ1) is 58.6. The zero-order valence-corrected chi connectivity index (χ0v) is 39.3. The van der Waals surface area contributed by atoms with E-state index in [9.17, 15) is 24.0 Å². The van der Waals surface area contributed by atoms with E-state index < -0.39 is 35.6 Å². The van der Waals surface area contributed by atoms with Gasteiger partial charge in [0.25, 0.3) is 11.8 Å². The zero-order chi connectivity index (χ0) is 48.9. The number of hydrogen-bond acceptors (Lipinski definition) is 18. The zero-order valence-electron chi connectivity index (χ0n) is 39.3. The average Bonchev–Trinajstić information content (AvgIpc) is 3.62. The molecular formula is C44H72BN7O15. The van der Waals surface area contributed by atoms with Crippen molar-refractivity contribution < 1.29 is 71.3 Å². The van der Waals surface area contributed by atoms with Gasteiger partial charge < -0.3 is 74.1 Å². The minimum absolute atomic E-state index is 0.0206. The van der Waals surface area contributed by atoms with Crippen molar-refractivity contribution in [3.05, 3.63) is 53.4 Å². The summed E-state index contributed by atoms with van der Waals surface area (Å²) in [7, 11) is 7.57. The fraction of sp³-hybridized carbons (Fsp3) is 0.659. The summed E-state index contributed by atoms with van der Waals surface area (Å²) in [5.74, 6) is 3.48. The van der Waals surface area contributed by atoms with Crippen molar-refractivity contribution in [1.29, 1.82) is 0 Å². The molecule has 1 heterocycles. The highest BCUT2D eigenvalue weighted by atomic mass is 16.6. The van der Waals surface area contributed by atoms with Crippen LogP contribution in [-0.4, -0.2) is 199 Å². The fourth-order valence-corrected chi connectivity index (χ4v) is 5.70. The first-order chi connectivity index (χ1) is 32.4. The van der Waals surface area contributed by atoms with Gasteiger partial charge in [-0.1, -0.05) is 31.8 Å². The molecule has 67 heavy (non-hydrogen) atoms. The van der Waals surface area contributed by atoms with E-state index in [-0.39, 0.29) is 58.2 Å². The number of hydrogen-bond donors (Lipinski definition) is 5. The van der Waals surface area contributed by atoms with Gasteiger partial charge >= 0.3 is 0 Å². The Balaban J connectivity index is 1.53. The van der Waals surface area contributed by atoms with E-state index in [0.29, 0.717) is 117 Å². The van der Waals surface area contributed by atoms with Crippen LogP contribution in [-0.2, 0) is 84.3 Å². The van der Waals surface area contributed by atoms with E-state index >= 15 is 0 Å². The number of nitrogens with one attached hydrogen (secondary N) is 3. The number of carbonyl (C=O) groups is 5. The maximum atomic E-state index is 12.9. The minimum atomic E-state index is -0.904. The van der Waals surface area contributed by atoms with Crippen molar-refractivity contribution in [2.24, 2.45) is 17.5 Å². The van der Waals surface area contributed by atoms with Crippen LogP contribution in [0.25, 0.3) is 0 Å². The van der Waals surface area contributed by atoms with Crippen molar-refractivity contribution in [3.63, 3.8) is 0 Å². The number of methoxy groups -OCH3 is 1. The number of ether oxygens (including phenoxy) is 10. The Morgan fingerprint density at radius 2 is 1.24 bits per heavy atom. The van der Waals surface area contributed by atoms with Crippen molar-refractivity contribution in [3.8, 4) is 0 Å². The van der Waals surface area contributed by atoms with Crippen LogP contribution in [0, 0.1) is 5.92 Å². The van der Waals surface area contributed by atoms with Crippen LogP contribution in [0.4, 0.5) is 5.69 Å². The number of rotatable bonds is 42. The number of amides is 5. The molecule has 1 aromatic rings. The lowest BCUT2D eigenvalue weighted by Crippen LogP contribution is -2.51. The van der Waals surface area contributed by atoms with Crippen molar-refractivity contribution >= 4 is 43.1 Å². The predicted octanol–water partition coefficient (Wildman–Crippen LogP) is -0.863. The van der Waals surface area contributed by atoms with Gasteiger partial charge in [0.1, 0.15) is 6.04 Å². The van der Waals surface area contributed by atoms with E-state index in [2.05, 4.69) is 16.0 Å². The normalized spacial score (nSPS) is 13.1. The van der Waals surface area contributed by atoms with Gasteiger partial charge in [-0.3, -0.25) is 28.9 Å². The number of imide groups is 1. The maximum absolute atomic E-state index is 12.9. The second kappa shape index (κ2) is 37.5. The van der Waals surface area contributed by atoms with Crippen LogP contribution in [0.5, 0.6) is 0 Å². The summed E-state index contributed by atoms with van der Waals surface area (Å²) in [6.07, 6.45) is 4.10. The molecule has 1 aliphatic rings. The molecular weight excluding hydrogens is 877 g/mol. The number of benzene rings is 1. The van der Waals surface area contributed by atoms with Gasteiger partial charge in [-0.25, -0.2) is 5.84 Å². The van der Waals surface area contributed by atoms with Crippen LogP contribution in [0.2, 0.25) is 0 Å². The molecule has 2 rings (SSSR count). The van der Waals surface area contributed by atoms with E-state index in [1.54, 1.807) is 45.4 Å². The molecule has 23 heteroatoms. The number of nitrogens with zero attached hydrogens (tertiary/aromatic N) is 2. The number of carbonyl (C=O) groups excluding carboxylic acids is 5. The molecule has 1 aliphatic heterocycles. The predicted molar refractivity (Wildman–Crippen MR) is 246 cm³/mol. The van der Waals surface area contributed by atoms with Gasteiger partial charge in [0.05, 0.1) is 159 Å². The van der Waals surface area contributed by atoms with Crippen molar-refractivity contribution in [2.75, 3.05) is 151 Å². The van der Waals surface area contributed by atoms with E-state index in [0.717, 1.165) is 16.0 Å². The Bertz CT molecular complexity index is 1620. The topological polar surface area (TPSA) is 272 Å². The lowest BCUT2D eigenvalue weighted by atomic mass is 9.93. The van der Waals surface area contributed by atoms with Crippen LogP contribution >= 0.6 is 0 Å². The summed E-state index contributed by atoms with van der Waals surface area (Å²) in [4.78, 5) is 62.5. The molecule has 0 saturated carbocycles. The molecule has 22 nitrogen and oxygen atoms in total. The Labute approximate surface area is 395 Å². The van der Waals surface area contributed by atoms with Crippen LogP contribution in [0.3, 0.4) is 0 Å². The van der Waals surface area contributed by atoms with Crippen molar-refractivity contribution in [1.82, 2.24) is 20.5 Å². The summed E-state index contributed by atoms with van der Waals surface area (Å²) in [6.45, 7) is 11.0. The first-order valence-corrected chi connectivity index (χ1v) is 22.3. The second-order valence-corrected chi connectivity index (χ2v) is 15.0. The summed E-state index contributed by atoms with van der Waals surface area (Å²) in [5.41, 5.74) is 8.50. The number of hydrazine groups is 1. The summed E-state index contributed by atoms with van der Waals surface area (Å²) in [6, 6.07) is 4.28. The molecule has 0 bridgehead atoms. The quantitative estimate of drug-likeness (QED) is 0.0175. The van der Waals surface area contributed by atoms with Crippen molar-refractivity contribution in [2.45, 2.75) is 39.2 Å². The maximum Gasteiger partial charge on any atom is 0.253 e. The molecule has 1 aromatic carbocycles. The third kappa shape index (κ3) is 28.4. The molecule has 7 N–H and O–H groups in total. The monoisotopic (exact) mass is 950 g/mol. The lowest BCUT2D eigenvalue weighted by molar-refractivity contribution is -0.138. The lowest BCUT2D eigenvalue weighted by Gasteiger charge is -2.22. The molecule has 376 valence electrons. The van der Waals surface area contributed by atoms with Gasteiger partial charge in [0.2, 0.25) is 17.7 Å². The van der Waals surface area contributed by atoms with E-state index in [4.69, 9.17) is 66.8 Å². The SMILES string of the molecule is [B]Cc1ccc(NC(=O)CNC(=O)C(NC(=O)CCOCCN2C(=O)C=CC2=O)C(C)C)cc1COC/C(N)=C/N(N)CCOCCOCCOCCOCCOCCOCCOCCOC. The highest BCUT2D eigenvalue weighted by Gasteiger charge is 2.25.